The molecule has 0 aromatic heterocycles. The first kappa shape index (κ1) is 22.2. The molecule has 0 aliphatic carbocycles. The van der Waals surface area contributed by atoms with E-state index >= 15 is 0 Å². The summed E-state index contributed by atoms with van der Waals surface area (Å²) >= 11 is 0. The summed E-state index contributed by atoms with van der Waals surface area (Å²) in [6.07, 6.45) is 4.07. The number of amides is 1. The number of ether oxygens (including phenoxy) is 2. The number of rotatable bonds is 6. The van der Waals surface area contributed by atoms with Crippen molar-refractivity contribution in [2.75, 3.05) is 32.8 Å². The largest absolute Gasteiger partial charge is 0.376 e. The fourth-order valence-corrected chi connectivity index (χ4v) is 3.74. The summed E-state index contributed by atoms with van der Waals surface area (Å²) in [6, 6.07) is 8.69. The smallest absolute Gasteiger partial charge is 0.252 e. The van der Waals surface area contributed by atoms with Crippen molar-refractivity contribution in [1.29, 1.82) is 0 Å². The van der Waals surface area contributed by atoms with Crippen LogP contribution in [0.5, 0.6) is 0 Å². The molecule has 1 aromatic carbocycles. The molecule has 1 N–H and O–H groups in total. The molecule has 1 amide bonds. The van der Waals surface area contributed by atoms with Gasteiger partial charge in [0.15, 0.2) is 0 Å². The lowest BCUT2D eigenvalue weighted by Gasteiger charge is -2.38. The molecule has 5 nitrogen and oxygen atoms in total. The fraction of sp³-hybridized carbons (Fsp3) is 0.667. The van der Waals surface area contributed by atoms with E-state index in [0.29, 0.717) is 13.2 Å². The maximum Gasteiger partial charge on any atom is 0.252 e. The number of carbonyl (C=O) groups excluding carboxylic acids is 1. The highest BCUT2D eigenvalue weighted by Crippen LogP contribution is 2.24. The zero-order valence-corrected chi connectivity index (χ0v) is 17.3. The predicted octanol–water partition coefficient (Wildman–Crippen LogP) is 3.12. The molecule has 0 spiro atoms. The van der Waals surface area contributed by atoms with Crippen LogP contribution in [0.15, 0.2) is 24.3 Å². The highest BCUT2D eigenvalue weighted by Gasteiger charge is 2.31. The van der Waals surface area contributed by atoms with Gasteiger partial charge in [0.1, 0.15) is 6.10 Å². The summed E-state index contributed by atoms with van der Waals surface area (Å²) in [7, 11) is 0. The van der Waals surface area contributed by atoms with Gasteiger partial charge >= 0.3 is 0 Å². The number of hydrogen-bond donors (Lipinski definition) is 1. The van der Waals surface area contributed by atoms with Crippen LogP contribution < -0.4 is 5.32 Å². The lowest BCUT2D eigenvalue weighted by atomic mass is 10.0. The molecule has 0 bridgehead atoms. The van der Waals surface area contributed by atoms with Gasteiger partial charge in [-0.25, -0.2) is 0 Å². The van der Waals surface area contributed by atoms with E-state index < -0.39 is 6.10 Å². The van der Waals surface area contributed by atoms with E-state index in [4.69, 9.17) is 9.47 Å². The number of carbonyl (C=O) groups is 1. The molecule has 3 rings (SSSR count). The molecule has 2 fully saturated rings. The molecule has 2 aliphatic heterocycles. The monoisotopic (exact) mass is 396 g/mol. The van der Waals surface area contributed by atoms with Gasteiger partial charge in [-0.2, -0.15) is 0 Å². The SMILES string of the molecule is CCc1ccc(C2CNCCN2C(=O)C(C)OCC2CCCCO2)cc1.Cl. The Kier molecular flexibility index (Phi) is 9.03. The summed E-state index contributed by atoms with van der Waals surface area (Å²) in [5.74, 6) is 0.0758. The third kappa shape index (κ3) is 5.92. The average Bonchev–Trinajstić information content (AvgIpc) is 2.72. The number of benzene rings is 1. The minimum absolute atomic E-state index is 0. The normalized spacial score (nSPS) is 24.1. The minimum atomic E-state index is -0.434. The third-order valence-corrected chi connectivity index (χ3v) is 5.45. The molecular weight excluding hydrogens is 364 g/mol. The van der Waals surface area contributed by atoms with Crippen LogP contribution in [0.3, 0.4) is 0 Å². The quantitative estimate of drug-likeness (QED) is 0.802. The molecule has 2 heterocycles. The van der Waals surface area contributed by atoms with Crippen molar-refractivity contribution < 1.29 is 14.3 Å². The lowest BCUT2D eigenvalue weighted by Crippen LogP contribution is -2.51. The van der Waals surface area contributed by atoms with Crippen molar-refractivity contribution in [3.05, 3.63) is 35.4 Å². The van der Waals surface area contributed by atoms with Crippen molar-refractivity contribution in [3.8, 4) is 0 Å². The molecule has 0 radical (unpaired) electrons. The number of aryl methyl sites for hydroxylation is 1. The van der Waals surface area contributed by atoms with Crippen LogP contribution in [0.25, 0.3) is 0 Å². The van der Waals surface area contributed by atoms with E-state index in [-0.39, 0.29) is 30.5 Å². The Morgan fingerprint density at radius 3 is 2.78 bits per heavy atom. The minimum Gasteiger partial charge on any atom is -0.376 e. The number of halogens is 1. The zero-order chi connectivity index (χ0) is 18.4. The summed E-state index contributed by atoms with van der Waals surface area (Å²) in [5, 5.41) is 3.41. The molecule has 2 aliphatic rings. The van der Waals surface area contributed by atoms with E-state index in [9.17, 15) is 4.79 Å². The number of hydrogen-bond acceptors (Lipinski definition) is 4. The maximum atomic E-state index is 13.0. The Balaban J connectivity index is 0.00000261. The van der Waals surface area contributed by atoms with E-state index in [1.165, 1.54) is 17.5 Å². The molecule has 0 saturated carbocycles. The second-order valence-electron chi connectivity index (χ2n) is 7.31. The van der Waals surface area contributed by atoms with Crippen LogP contribution in [-0.2, 0) is 20.7 Å². The Bertz CT molecular complexity index is 575. The summed E-state index contributed by atoms with van der Waals surface area (Å²) < 4.78 is 11.6. The van der Waals surface area contributed by atoms with Crippen LogP contribution in [0.2, 0.25) is 0 Å². The Morgan fingerprint density at radius 2 is 2.11 bits per heavy atom. The Labute approximate surface area is 169 Å². The van der Waals surface area contributed by atoms with Crippen molar-refractivity contribution in [3.63, 3.8) is 0 Å². The second-order valence-corrected chi connectivity index (χ2v) is 7.31. The third-order valence-electron chi connectivity index (χ3n) is 5.45. The molecule has 1 aromatic rings. The average molecular weight is 397 g/mol. The maximum absolute atomic E-state index is 13.0. The van der Waals surface area contributed by atoms with E-state index in [2.05, 4.69) is 36.5 Å². The highest BCUT2D eigenvalue weighted by atomic mass is 35.5. The van der Waals surface area contributed by atoms with Crippen LogP contribution >= 0.6 is 12.4 Å². The first-order chi connectivity index (χ1) is 12.7. The van der Waals surface area contributed by atoms with Gasteiger partial charge in [-0.15, -0.1) is 12.4 Å². The van der Waals surface area contributed by atoms with Crippen LogP contribution in [0.4, 0.5) is 0 Å². The van der Waals surface area contributed by atoms with E-state index in [1.54, 1.807) is 0 Å². The van der Waals surface area contributed by atoms with Crippen molar-refractivity contribution in [2.45, 2.75) is 57.8 Å². The molecule has 27 heavy (non-hydrogen) atoms. The summed E-state index contributed by atoms with van der Waals surface area (Å²) in [4.78, 5) is 15.0. The second kappa shape index (κ2) is 11.0. The van der Waals surface area contributed by atoms with E-state index in [0.717, 1.165) is 39.0 Å². The first-order valence-electron chi connectivity index (χ1n) is 10.0. The number of piperazine rings is 1. The summed E-state index contributed by atoms with van der Waals surface area (Å²) in [6.45, 7) is 7.67. The molecule has 152 valence electrons. The summed E-state index contributed by atoms with van der Waals surface area (Å²) in [5.41, 5.74) is 2.50. The standard InChI is InChI=1S/C21H32N2O3.ClH/c1-3-17-7-9-18(10-8-17)20-14-22-11-12-23(20)21(24)16(2)26-15-19-6-4-5-13-25-19;/h7-10,16,19-20,22H,3-6,11-15H2,1-2H3;1H. The zero-order valence-electron chi connectivity index (χ0n) is 16.5. The lowest BCUT2D eigenvalue weighted by molar-refractivity contribution is -0.149. The highest BCUT2D eigenvalue weighted by molar-refractivity contribution is 5.85. The van der Waals surface area contributed by atoms with Gasteiger partial charge < -0.3 is 19.7 Å². The molecule has 6 heteroatoms. The van der Waals surface area contributed by atoms with Gasteiger partial charge in [-0.3, -0.25) is 4.79 Å². The predicted molar refractivity (Wildman–Crippen MR) is 109 cm³/mol. The van der Waals surface area contributed by atoms with Crippen molar-refractivity contribution in [1.82, 2.24) is 10.2 Å². The van der Waals surface area contributed by atoms with Gasteiger partial charge in [-0.1, -0.05) is 31.2 Å². The molecule has 3 unspecified atom stereocenters. The van der Waals surface area contributed by atoms with Gasteiger partial charge in [0.2, 0.25) is 0 Å². The van der Waals surface area contributed by atoms with Crippen LogP contribution in [0.1, 0.15) is 50.3 Å². The number of nitrogens with zero attached hydrogens (tertiary/aromatic N) is 1. The van der Waals surface area contributed by atoms with Gasteiger partial charge in [0.25, 0.3) is 5.91 Å². The Morgan fingerprint density at radius 1 is 1.33 bits per heavy atom. The molecule has 3 atom stereocenters. The Hall–Kier alpha value is -1.14. The van der Waals surface area contributed by atoms with Crippen LogP contribution in [-0.4, -0.2) is 55.9 Å². The fourth-order valence-electron chi connectivity index (χ4n) is 3.74. The van der Waals surface area contributed by atoms with Crippen molar-refractivity contribution in [2.24, 2.45) is 0 Å². The molecular formula is C21H33ClN2O3. The topological polar surface area (TPSA) is 50.8 Å². The van der Waals surface area contributed by atoms with Gasteiger partial charge in [0.05, 0.1) is 18.8 Å². The molecule has 2 saturated heterocycles. The van der Waals surface area contributed by atoms with Crippen LogP contribution in [0, 0.1) is 0 Å². The van der Waals surface area contributed by atoms with Gasteiger partial charge in [0, 0.05) is 26.2 Å². The van der Waals surface area contributed by atoms with E-state index in [1.807, 2.05) is 11.8 Å². The number of nitrogens with one attached hydrogen (secondary N) is 1. The first-order valence-corrected chi connectivity index (χ1v) is 10.0. The van der Waals surface area contributed by atoms with Gasteiger partial charge in [-0.05, 0) is 43.7 Å². The van der Waals surface area contributed by atoms with Crippen molar-refractivity contribution >= 4 is 18.3 Å².